The largest absolute Gasteiger partial charge is 0.478 e. The predicted octanol–water partition coefficient (Wildman–Crippen LogP) is 2.86. The molecule has 2 aromatic heterocycles. The van der Waals surface area contributed by atoms with Crippen LogP contribution < -0.4 is 10.5 Å². The molecule has 0 radical (unpaired) electrons. The van der Waals surface area contributed by atoms with Gasteiger partial charge in [-0.25, -0.2) is 18.4 Å². The third kappa shape index (κ3) is 6.17. The summed E-state index contributed by atoms with van der Waals surface area (Å²) < 4.78 is 25.1. The van der Waals surface area contributed by atoms with Gasteiger partial charge in [0.25, 0.3) is 5.91 Å². The maximum Gasteiger partial charge on any atom is 0.337 e. The maximum absolute atomic E-state index is 13.1. The van der Waals surface area contributed by atoms with E-state index in [-0.39, 0.29) is 16.0 Å². The first-order valence-electron chi connectivity index (χ1n) is 11.2. The number of nitrogens with zero attached hydrogens (tertiary/aromatic N) is 3. The summed E-state index contributed by atoms with van der Waals surface area (Å²) in [7, 11) is -4.01. The fourth-order valence-corrected chi connectivity index (χ4v) is 4.24. The summed E-state index contributed by atoms with van der Waals surface area (Å²) in [5.74, 6) is -1.75. The molecule has 0 atom stereocenters. The molecule has 5 N–H and O–H groups in total. The van der Waals surface area contributed by atoms with Gasteiger partial charge in [0, 0.05) is 52.9 Å². The van der Waals surface area contributed by atoms with Gasteiger partial charge in [-0.05, 0) is 56.7 Å². The predicted molar refractivity (Wildman–Crippen MR) is 137 cm³/mol. The highest BCUT2D eigenvalue weighted by atomic mass is 32.2. The van der Waals surface area contributed by atoms with Crippen molar-refractivity contribution in [3.63, 3.8) is 0 Å². The third-order valence-electron chi connectivity index (χ3n) is 5.61. The zero-order chi connectivity index (χ0) is 27.0. The van der Waals surface area contributed by atoms with Gasteiger partial charge in [0.05, 0.1) is 21.6 Å². The number of hydrogen-bond acceptors (Lipinski definition) is 7. The van der Waals surface area contributed by atoms with Gasteiger partial charge in [-0.3, -0.25) is 14.5 Å². The fourth-order valence-electron chi connectivity index (χ4n) is 3.68. The number of hydrogen-bond donors (Lipinski definition) is 4. The number of aliphatic hydroxyl groups is 1. The average Bonchev–Trinajstić information content (AvgIpc) is 3.23. The number of anilines is 1. The van der Waals surface area contributed by atoms with Crippen molar-refractivity contribution in [1.29, 1.82) is 0 Å². The Bertz CT molecular complexity index is 1620. The normalized spacial score (nSPS) is 12.0. The Morgan fingerprint density at radius 3 is 2.54 bits per heavy atom. The second-order valence-corrected chi connectivity index (χ2v) is 10.8. The molecule has 37 heavy (non-hydrogen) atoms. The lowest BCUT2D eigenvalue weighted by atomic mass is 10.0. The second kappa shape index (κ2) is 9.73. The summed E-state index contributed by atoms with van der Waals surface area (Å²) in [5.41, 5.74) is 0.970. The number of nitrogens with one attached hydrogen (secondary N) is 1. The lowest BCUT2D eigenvalue weighted by molar-refractivity contribution is 0.0650. The molecule has 0 aliphatic rings. The molecular weight excluding hydrogens is 498 g/mol. The van der Waals surface area contributed by atoms with Gasteiger partial charge in [-0.1, -0.05) is 6.07 Å². The van der Waals surface area contributed by atoms with E-state index < -0.39 is 27.5 Å². The minimum Gasteiger partial charge on any atom is -0.478 e. The number of nitrogens with two attached hydrogens (primary N) is 1. The van der Waals surface area contributed by atoms with Gasteiger partial charge in [-0.15, -0.1) is 0 Å². The number of pyridine rings is 1. The van der Waals surface area contributed by atoms with Crippen LogP contribution in [0.1, 0.15) is 41.0 Å². The van der Waals surface area contributed by atoms with Crippen LogP contribution in [0.5, 0.6) is 0 Å². The summed E-state index contributed by atoms with van der Waals surface area (Å²) in [6.45, 7) is 3.86. The number of aryl methyl sites for hydroxylation is 1. The second-order valence-electron chi connectivity index (χ2n) is 9.21. The molecule has 4 rings (SSSR count). The standard InChI is InChI=1S/C25H25N5O6S/c1-25(2,34)6-7-30-14-18-10-22(28-23(31)15-4-3-5-19(9-15)37(26,35)36)20(11-21(18)29-30)16-8-17(24(32)33)13-27-12-16/h3-5,8-14,34H,6-7H2,1-2H3,(H,28,31)(H,32,33)(H2,26,35,36). The lowest BCUT2D eigenvalue weighted by Crippen LogP contribution is -2.21. The highest BCUT2D eigenvalue weighted by molar-refractivity contribution is 7.89. The SMILES string of the molecule is CC(C)(O)CCn1cc2cc(NC(=O)c3cccc(S(N)(=O)=O)c3)c(-c3cncc(C(=O)O)c3)cc2n1. The van der Waals surface area contributed by atoms with Gasteiger partial charge in [0.2, 0.25) is 10.0 Å². The molecular formula is C25H25N5O6S. The molecule has 2 heterocycles. The maximum atomic E-state index is 13.1. The number of carbonyl (C=O) groups excluding carboxylic acids is 1. The minimum atomic E-state index is -4.01. The topological polar surface area (TPSA) is 178 Å². The molecule has 0 bridgehead atoms. The lowest BCUT2D eigenvalue weighted by Gasteiger charge is -2.16. The van der Waals surface area contributed by atoms with Gasteiger partial charge in [0.1, 0.15) is 0 Å². The Morgan fingerprint density at radius 1 is 1.11 bits per heavy atom. The molecule has 11 nitrogen and oxygen atoms in total. The van der Waals surface area contributed by atoms with Crippen LogP contribution in [0.15, 0.2) is 66.0 Å². The van der Waals surface area contributed by atoms with Gasteiger partial charge >= 0.3 is 5.97 Å². The van der Waals surface area contributed by atoms with E-state index in [1.807, 2.05) is 0 Å². The molecule has 4 aromatic rings. The monoisotopic (exact) mass is 523 g/mol. The minimum absolute atomic E-state index is 0.0357. The molecule has 1 amide bonds. The van der Waals surface area contributed by atoms with E-state index in [1.165, 1.54) is 42.7 Å². The van der Waals surface area contributed by atoms with E-state index in [1.54, 1.807) is 36.9 Å². The smallest absolute Gasteiger partial charge is 0.337 e. The molecule has 0 unspecified atom stereocenters. The number of fused-ring (bicyclic) bond motifs is 1. The number of carboxylic acid groups (broad SMARTS) is 1. The average molecular weight is 524 g/mol. The molecule has 0 fully saturated rings. The zero-order valence-electron chi connectivity index (χ0n) is 20.0. The molecule has 0 saturated heterocycles. The summed E-state index contributed by atoms with van der Waals surface area (Å²) in [4.78, 5) is 28.4. The number of benzene rings is 2. The Morgan fingerprint density at radius 2 is 1.86 bits per heavy atom. The quantitative estimate of drug-likeness (QED) is 0.272. The summed E-state index contributed by atoms with van der Waals surface area (Å²) in [6, 6.07) is 10.1. The van der Waals surface area contributed by atoms with Crippen LogP contribution in [-0.2, 0) is 16.6 Å². The van der Waals surface area contributed by atoms with Gasteiger partial charge in [-0.2, -0.15) is 5.10 Å². The van der Waals surface area contributed by atoms with Crippen LogP contribution in [0.3, 0.4) is 0 Å². The van der Waals surface area contributed by atoms with Crippen molar-refractivity contribution in [2.24, 2.45) is 5.14 Å². The van der Waals surface area contributed by atoms with Crippen molar-refractivity contribution in [3.8, 4) is 11.1 Å². The molecule has 0 aliphatic heterocycles. The third-order valence-corrected chi connectivity index (χ3v) is 6.52. The highest BCUT2D eigenvalue weighted by Crippen LogP contribution is 2.33. The van der Waals surface area contributed by atoms with Crippen molar-refractivity contribution in [1.82, 2.24) is 14.8 Å². The number of aromatic nitrogens is 3. The van der Waals surface area contributed by atoms with Crippen LogP contribution in [0.25, 0.3) is 22.0 Å². The molecule has 2 aromatic carbocycles. The van der Waals surface area contributed by atoms with Crippen molar-refractivity contribution in [3.05, 3.63) is 72.2 Å². The van der Waals surface area contributed by atoms with Crippen LogP contribution in [0.2, 0.25) is 0 Å². The van der Waals surface area contributed by atoms with Crippen LogP contribution in [-0.4, -0.2) is 50.9 Å². The Kier molecular flexibility index (Phi) is 6.82. The fraction of sp³-hybridized carbons (Fsp3) is 0.200. The van der Waals surface area contributed by atoms with Crippen LogP contribution in [0, 0.1) is 0 Å². The molecule has 0 saturated carbocycles. The number of sulfonamides is 1. The van der Waals surface area contributed by atoms with E-state index in [0.717, 1.165) is 0 Å². The Hall–Kier alpha value is -4.13. The molecule has 0 spiro atoms. The number of carbonyl (C=O) groups is 2. The van der Waals surface area contributed by atoms with Crippen LogP contribution in [0.4, 0.5) is 5.69 Å². The van der Waals surface area contributed by atoms with Crippen molar-refractivity contribution >= 4 is 38.5 Å². The summed E-state index contributed by atoms with van der Waals surface area (Å²) in [6.07, 6.45) is 4.92. The van der Waals surface area contributed by atoms with E-state index in [9.17, 15) is 28.2 Å². The van der Waals surface area contributed by atoms with E-state index in [0.29, 0.717) is 40.7 Å². The van der Waals surface area contributed by atoms with Crippen molar-refractivity contribution in [2.45, 2.75) is 37.3 Å². The zero-order valence-corrected chi connectivity index (χ0v) is 20.9. The molecule has 192 valence electrons. The van der Waals surface area contributed by atoms with Crippen molar-refractivity contribution in [2.75, 3.05) is 5.32 Å². The van der Waals surface area contributed by atoms with Gasteiger partial charge in [0.15, 0.2) is 0 Å². The van der Waals surface area contributed by atoms with E-state index in [2.05, 4.69) is 15.4 Å². The first-order chi connectivity index (χ1) is 17.3. The number of aromatic carboxylic acids is 1. The molecule has 12 heteroatoms. The van der Waals surface area contributed by atoms with Crippen molar-refractivity contribution < 1.29 is 28.2 Å². The number of rotatable bonds is 8. The number of carboxylic acids is 1. The number of amides is 1. The van der Waals surface area contributed by atoms with Gasteiger partial charge < -0.3 is 15.5 Å². The van der Waals surface area contributed by atoms with E-state index >= 15 is 0 Å². The first kappa shape index (κ1) is 25.9. The highest BCUT2D eigenvalue weighted by Gasteiger charge is 2.18. The van der Waals surface area contributed by atoms with Crippen LogP contribution >= 0.6 is 0 Å². The first-order valence-corrected chi connectivity index (χ1v) is 12.7. The Balaban J connectivity index is 1.79. The Labute approximate surface area is 212 Å². The molecule has 0 aliphatic carbocycles. The van der Waals surface area contributed by atoms with E-state index in [4.69, 9.17) is 5.14 Å². The summed E-state index contributed by atoms with van der Waals surface area (Å²) in [5, 5.41) is 32.7. The summed E-state index contributed by atoms with van der Waals surface area (Å²) >= 11 is 0. The number of primary sulfonamides is 1.